The molecule has 2 amide bonds. The minimum atomic E-state index is -4.08. The largest absolute Gasteiger partial charge is 0.497 e. The first-order valence-corrected chi connectivity index (χ1v) is 14.5. The van der Waals surface area contributed by atoms with Crippen LogP contribution in [0.3, 0.4) is 0 Å². The molecule has 2 aliphatic heterocycles. The van der Waals surface area contributed by atoms with Crippen molar-refractivity contribution in [2.75, 3.05) is 30.8 Å². The zero-order chi connectivity index (χ0) is 29.1. The highest BCUT2D eigenvalue weighted by atomic mass is 32.2. The van der Waals surface area contributed by atoms with Gasteiger partial charge in [-0.15, -0.1) is 0 Å². The van der Waals surface area contributed by atoms with Crippen LogP contribution in [0.4, 0.5) is 15.8 Å². The second kappa shape index (κ2) is 11.8. The highest BCUT2D eigenvalue weighted by Gasteiger charge is 2.39. The van der Waals surface area contributed by atoms with Crippen LogP contribution in [-0.2, 0) is 19.6 Å². The molecule has 0 unspecified atom stereocenters. The maximum atomic E-state index is 13.6. The Balaban J connectivity index is 1.26. The molecule has 3 atom stereocenters. The molecule has 41 heavy (non-hydrogen) atoms. The molecule has 1 fully saturated rings. The van der Waals surface area contributed by atoms with Crippen molar-refractivity contribution in [3.8, 4) is 11.5 Å². The molecule has 0 aromatic heterocycles. The summed E-state index contributed by atoms with van der Waals surface area (Å²) in [5, 5.41) is 2.86. The lowest BCUT2D eigenvalue weighted by Crippen LogP contribution is -2.53. The van der Waals surface area contributed by atoms with Crippen molar-refractivity contribution in [3.63, 3.8) is 0 Å². The number of likely N-dealkylation sites (N-methyl/N-ethyl adjacent to an activating group) is 1. The molecule has 0 aliphatic carbocycles. The monoisotopic (exact) mass is 583 g/mol. The quantitative estimate of drug-likeness (QED) is 0.430. The summed E-state index contributed by atoms with van der Waals surface area (Å²) in [5.41, 5.74) is 0.944. The van der Waals surface area contributed by atoms with Crippen LogP contribution in [0.5, 0.6) is 11.5 Å². The number of halogens is 1. The number of hydrogen-bond donors (Lipinski definition) is 2. The maximum absolute atomic E-state index is 13.6. The van der Waals surface area contributed by atoms with Crippen LogP contribution < -0.4 is 19.5 Å². The number of fused-ring (bicyclic) bond motifs is 2. The lowest BCUT2D eigenvalue weighted by molar-refractivity contribution is -0.130. The van der Waals surface area contributed by atoms with Crippen molar-refractivity contribution >= 4 is 33.2 Å². The molecule has 1 saturated heterocycles. The standard InChI is InChI=1S/C29H30FN3O7S/c1-33-25-11-10-22(16-28(34)31-19-6-4-7-21(14-19)38-2)40-27(25)17-39-26-12-9-20(15-24(26)29(33)35)32-41(36,37)23-8-3-5-18(30)13-23/h3-9,12-15,22,25,27,32H,10-11,16-17H2,1-2H3,(H,31,34)/t22-,25+,27-/m0/s1. The summed E-state index contributed by atoms with van der Waals surface area (Å²) >= 11 is 0. The van der Waals surface area contributed by atoms with Gasteiger partial charge in [0.05, 0.1) is 36.1 Å². The Kier molecular flexibility index (Phi) is 8.13. The van der Waals surface area contributed by atoms with E-state index in [0.29, 0.717) is 24.3 Å². The number of carbonyl (C=O) groups is 2. The summed E-state index contributed by atoms with van der Waals surface area (Å²) < 4.78 is 58.9. The van der Waals surface area contributed by atoms with E-state index in [2.05, 4.69) is 10.0 Å². The van der Waals surface area contributed by atoms with Crippen LogP contribution in [-0.4, -0.2) is 64.1 Å². The van der Waals surface area contributed by atoms with Crippen LogP contribution >= 0.6 is 0 Å². The number of methoxy groups -OCH3 is 1. The van der Waals surface area contributed by atoms with Crippen molar-refractivity contribution in [2.24, 2.45) is 0 Å². The fourth-order valence-electron chi connectivity index (χ4n) is 5.06. The number of rotatable bonds is 7. The fraction of sp³-hybridized carbons (Fsp3) is 0.310. The second-order valence-corrected chi connectivity index (χ2v) is 11.6. The number of carbonyl (C=O) groups excluding carboxylic acids is 2. The Morgan fingerprint density at radius 3 is 2.66 bits per heavy atom. The fourth-order valence-corrected chi connectivity index (χ4v) is 6.14. The summed E-state index contributed by atoms with van der Waals surface area (Å²) in [6.07, 6.45) is 0.474. The normalized spacial score (nSPS) is 20.5. The Morgan fingerprint density at radius 2 is 1.88 bits per heavy atom. The van der Waals surface area contributed by atoms with E-state index in [1.807, 2.05) is 0 Å². The molecule has 12 heteroatoms. The molecule has 2 aliphatic rings. The highest BCUT2D eigenvalue weighted by molar-refractivity contribution is 7.92. The molecule has 216 valence electrons. The Bertz CT molecular complexity index is 1570. The maximum Gasteiger partial charge on any atom is 0.261 e. The van der Waals surface area contributed by atoms with Gasteiger partial charge < -0.3 is 24.4 Å². The van der Waals surface area contributed by atoms with Gasteiger partial charge in [-0.2, -0.15) is 0 Å². The highest BCUT2D eigenvalue weighted by Crippen LogP contribution is 2.33. The van der Waals surface area contributed by atoms with Crippen molar-refractivity contribution in [2.45, 2.75) is 42.4 Å². The molecule has 2 heterocycles. The van der Waals surface area contributed by atoms with E-state index in [-0.39, 0.29) is 58.9 Å². The van der Waals surface area contributed by atoms with Crippen LogP contribution in [0, 0.1) is 5.82 Å². The zero-order valence-corrected chi connectivity index (χ0v) is 23.3. The third kappa shape index (κ3) is 6.44. The first kappa shape index (κ1) is 28.4. The van der Waals surface area contributed by atoms with Crippen LogP contribution in [0.1, 0.15) is 29.6 Å². The summed E-state index contributed by atoms with van der Waals surface area (Å²) in [5.74, 6) is -0.332. The van der Waals surface area contributed by atoms with Gasteiger partial charge in [-0.05, 0) is 61.4 Å². The number of ether oxygens (including phenoxy) is 3. The molecule has 0 saturated carbocycles. The number of nitrogens with one attached hydrogen (secondary N) is 2. The van der Waals surface area contributed by atoms with Gasteiger partial charge in [-0.25, -0.2) is 12.8 Å². The van der Waals surface area contributed by atoms with E-state index in [0.717, 1.165) is 12.1 Å². The Morgan fingerprint density at radius 1 is 1.07 bits per heavy atom. The lowest BCUT2D eigenvalue weighted by Gasteiger charge is -2.42. The Labute approximate surface area is 237 Å². The molecule has 2 N–H and O–H groups in total. The predicted octanol–water partition coefficient (Wildman–Crippen LogP) is 4.04. The lowest BCUT2D eigenvalue weighted by atomic mass is 9.94. The first-order chi connectivity index (χ1) is 19.6. The predicted molar refractivity (Wildman–Crippen MR) is 149 cm³/mol. The number of amides is 2. The Hall–Kier alpha value is -4.16. The molecule has 0 spiro atoms. The number of hydrogen-bond acceptors (Lipinski definition) is 7. The van der Waals surface area contributed by atoms with Crippen molar-refractivity contribution < 1.29 is 36.6 Å². The molecule has 3 aromatic rings. The molecule has 3 aromatic carbocycles. The molecule has 0 radical (unpaired) electrons. The van der Waals surface area contributed by atoms with Gasteiger partial charge in [0.2, 0.25) is 5.91 Å². The van der Waals surface area contributed by atoms with Crippen LogP contribution in [0.2, 0.25) is 0 Å². The number of sulfonamides is 1. The van der Waals surface area contributed by atoms with Gasteiger partial charge in [-0.3, -0.25) is 14.3 Å². The molecule has 0 bridgehead atoms. The minimum absolute atomic E-state index is 0.137. The van der Waals surface area contributed by atoms with Gasteiger partial charge >= 0.3 is 0 Å². The van der Waals surface area contributed by atoms with Crippen molar-refractivity contribution in [1.29, 1.82) is 0 Å². The van der Waals surface area contributed by atoms with Crippen molar-refractivity contribution in [3.05, 3.63) is 78.1 Å². The summed E-state index contributed by atoms with van der Waals surface area (Å²) in [6, 6.07) is 15.8. The van der Waals surface area contributed by atoms with Gasteiger partial charge in [0, 0.05) is 24.5 Å². The van der Waals surface area contributed by atoms with E-state index in [4.69, 9.17) is 14.2 Å². The second-order valence-electron chi connectivity index (χ2n) is 9.93. The van der Waals surface area contributed by atoms with E-state index in [1.165, 1.54) is 30.3 Å². The van der Waals surface area contributed by atoms with Gasteiger partial charge in [0.25, 0.3) is 15.9 Å². The molecule has 5 rings (SSSR count). The van der Waals surface area contributed by atoms with E-state index >= 15 is 0 Å². The van der Waals surface area contributed by atoms with Gasteiger partial charge in [-0.1, -0.05) is 12.1 Å². The third-order valence-electron chi connectivity index (χ3n) is 7.14. The van der Waals surface area contributed by atoms with E-state index < -0.39 is 21.9 Å². The first-order valence-electron chi connectivity index (χ1n) is 13.0. The average Bonchev–Trinajstić information content (AvgIpc) is 2.95. The number of benzene rings is 3. The van der Waals surface area contributed by atoms with Crippen molar-refractivity contribution in [1.82, 2.24) is 4.90 Å². The topological polar surface area (TPSA) is 123 Å². The molecular weight excluding hydrogens is 553 g/mol. The van der Waals surface area contributed by atoms with E-state index in [9.17, 15) is 22.4 Å². The zero-order valence-electron chi connectivity index (χ0n) is 22.5. The van der Waals surface area contributed by atoms with Crippen LogP contribution in [0.25, 0.3) is 0 Å². The summed E-state index contributed by atoms with van der Waals surface area (Å²) in [4.78, 5) is 27.5. The summed E-state index contributed by atoms with van der Waals surface area (Å²) in [6.45, 7) is 0.137. The van der Waals surface area contributed by atoms with Crippen LogP contribution in [0.15, 0.2) is 71.6 Å². The number of nitrogens with zero attached hydrogens (tertiary/aromatic N) is 1. The van der Waals surface area contributed by atoms with Gasteiger partial charge in [0.1, 0.15) is 30.0 Å². The smallest absolute Gasteiger partial charge is 0.261 e. The van der Waals surface area contributed by atoms with Gasteiger partial charge in [0.15, 0.2) is 0 Å². The average molecular weight is 584 g/mol. The molecular formula is C29H30FN3O7S. The molecule has 10 nitrogen and oxygen atoms in total. The minimum Gasteiger partial charge on any atom is -0.497 e. The number of anilines is 2. The summed E-state index contributed by atoms with van der Waals surface area (Å²) in [7, 11) is -0.863. The van der Waals surface area contributed by atoms with E-state index in [1.54, 1.807) is 43.3 Å². The SMILES string of the molecule is COc1cccc(NC(=O)C[C@@H]2CC[C@@H]3[C@H](COc4ccc(NS(=O)(=O)c5cccc(F)c5)cc4C(=O)N3C)O2)c1. The third-order valence-corrected chi connectivity index (χ3v) is 8.52.